The molecule has 140 valence electrons. The molecule has 0 radical (unpaired) electrons. The van der Waals surface area contributed by atoms with Crippen molar-refractivity contribution in [1.29, 1.82) is 0 Å². The van der Waals surface area contributed by atoms with E-state index in [-0.39, 0.29) is 11.9 Å². The summed E-state index contributed by atoms with van der Waals surface area (Å²) in [5.41, 5.74) is 0. The Balaban J connectivity index is 1.25. The lowest BCUT2D eigenvalue weighted by Crippen LogP contribution is -2.44. The van der Waals surface area contributed by atoms with Crippen LogP contribution in [0, 0.1) is 0 Å². The van der Waals surface area contributed by atoms with Crippen LogP contribution in [0.15, 0.2) is 53.7 Å². The maximum atomic E-state index is 12.1. The molecule has 1 aromatic carbocycles. The van der Waals surface area contributed by atoms with E-state index in [9.17, 15) is 4.79 Å². The van der Waals surface area contributed by atoms with Crippen LogP contribution >= 0.6 is 11.8 Å². The van der Waals surface area contributed by atoms with E-state index in [1.54, 1.807) is 18.0 Å². The number of hydrogen-bond acceptors (Lipinski definition) is 5. The molecular formula is C19H22N6OS. The maximum Gasteiger partial charge on any atom is 0.230 e. The lowest BCUT2D eigenvalue weighted by atomic mass is 9.79. The van der Waals surface area contributed by atoms with E-state index in [2.05, 4.69) is 25.2 Å². The zero-order valence-corrected chi connectivity index (χ0v) is 16.0. The Labute approximate surface area is 162 Å². The molecular weight excluding hydrogens is 360 g/mol. The van der Waals surface area contributed by atoms with Gasteiger partial charge >= 0.3 is 0 Å². The van der Waals surface area contributed by atoms with Gasteiger partial charge in [0.05, 0.1) is 5.75 Å². The van der Waals surface area contributed by atoms with Gasteiger partial charge in [0, 0.05) is 36.3 Å². The van der Waals surface area contributed by atoms with Crippen molar-refractivity contribution in [2.24, 2.45) is 7.05 Å². The highest BCUT2D eigenvalue weighted by molar-refractivity contribution is 8.00. The lowest BCUT2D eigenvalue weighted by molar-refractivity contribution is -0.119. The number of nitrogens with zero attached hydrogens (tertiary/aromatic N) is 5. The molecule has 0 spiro atoms. The predicted octanol–water partition coefficient (Wildman–Crippen LogP) is 2.21. The average Bonchev–Trinajstić information content (AvgIpc) is 3.28. The predicted molar refractivity (Wildman–Crippen MR) is 103 cm³/mol. The van der Waals surface area contributed by atoms with E-state index in [1.807, 2.05) is 54.3 Å². The van der Waals surface area contributed by atoms with Gasteiger partial charge < -0.3 is 9.88 Å². The number of benzene rings is 1. The zero-order valence-electron chi connectivity index (χ0n) is 15.2. The van der Waals surface area contributed by atoms with Crippen molar-refractivity contribution in [1.82, 2.24) is 29.9 Å². The first-order valence-electron chi connectivity index (χ1n) is 9.02. The SMILES string of the molecule is Cn1c(Cn2cccn2)nnc1C1CC(NC(=O)CSc2ccccc2)C1. The van der Waals surface area contributed by atoms with Crippen molar-refractivity contribution in [2.75, 3.05) is 5.75 Å². The number of rotatable bonds is 7. The molecule has 1 amide bonds. The normalized spacial score (nSPS) is 18.9. The minimum Gasteiger partial charge on any atom is -0.353 e. The van der Waals surface area contributed by atoms with E-state index < -0.39 is 0 Å². The van der Waals surface area contributed by atoms with Gasteiger partial charge in [-0.3, -0.25) is 9.48 Å². The standard InChI is InChI=1S/C19H22N6OS/c1-24-17(12-25-9-5-8-20-25)22-23-19(24)14-10-15(11-14)21-18(26)13-27-16-6-3-2-4-7-16/h2-9,14-15H,10-13H2,1H3,(H,21,26). The molecule has 1 saturated carbocycles. The van der Waals surface area contributed by atoms with Crippen molar-refractivity contribution in [3.05, 3.63) is 60.4 Å². The summed E-state index contributed by atoms with van der Waals surface area (Å²) in [6, 6.07) is 12.1. The van der Waals surface area contributed by atoms with Gasteiger partial charge in [0.25, 0.3) is 0 Å². The summed E-state index contributed by atoms with van der Waals surface area (Å²) < 4.78 is 3.89. The van der Waals surface area contributed by atoms with E-state index in [4.69, 9.17) is 0 Å². The van der Waals surface area contributed by atoms with Gasteiger partial charge in [-0.25, -0.2) is 0 Å². The molecule has 0 atom stereocenters. The number of thioether (sulfide) groups is 1. The van der Waals surface area contributed by atoms with Crippen LogP contribution in [0.25, 0.3) is 0 Å². The molecule has 27 heavy (non-hydrogen) atoms. The largest absolute Gasteiger partial charge is 0.353 e. The highest BCUT2D eigenvalue weighted by atomic mass is 32.2. The van der Waals surface area contributed by atoms with Gasteiger partial charge in [-0.2, -0.15) is 5.10 Å². The van der Waals surface area contributed by atoms with E-state index in [1.165, 1.54) is 0 Å². The third kappa shape index (κ3) is 4.21. The third-order valence-electron chi connectivity index (χ3n) is 4.84. The number of aromatic nitrogens is 5. The quantitative estimate of drug-likeness (QED) is 0.634. The number of carbonyl (C=O) groups excluding carboxylic acids is 1. The molecule has 7 nitrogen and oxygen atoms in total. The first-order valence-corrected chi connectivity index (χ1v) is 10.0. The molecule has 2 heterocycles. The molecule has 0 bridgehead atoms. The molecule has 0 saturated heterocycles. The fraction of sp³-hybridized carbons (Fsp3) is 0.368. The summed E-state index contributed by atoms with van der Waals surface area (Å²) in [5.74, 6) is 2.76. The number of amides is 1. The first-order chi connectivity index (χ1) is 13.2. The molecule has 2 aromatic heterocycles. The molecule has 1 fully saturated rings. The molecule has 0 aliphatic heterocycles. The number of nitrogens with one attached hydrogen (secondary N) is 1. The van der Waals surface area contributed by atoms with Crippen LogP contribution in [-0.4, -0.2) is 42.2 Å². The Morgan fingerprint density at radius 2 is 2.04 bits per heavy atom. The van der Waals surface area contributed by atoms with Crippen molar-refractivity contribution < 1.29 is 4.79 Å². The van der Waals surface area contributed by atoms with Crippen LogP contribution in [0.4, 0.5) is 0 Å². The van der Waals surface area contributed by atoms with Crippen molar-refractivity contribution >= 4 is 17.7 Å². The number of hydrogen-bond donors (Lipinski definition) is 1. The van der Waals surface area contributed by atoms with E-state index in [0.717, 1.165) is 29.4 Å². The highest BCUT2D eigenvalue weighted by Gasteiger charge is 2.34. The fourth-order valence-corrected chi connectivity index (χ4v) is 4.02. The second-order valence-corrected chi connectivity index (χ2v) is 7.82. The first kappa shape index (κ1) is 17.8. The second-order valence-electron chi connectivity index (χ2n) is 6.77. The third-order valence-corrected chi connectivity index (χ3v) is 5.85. The van der Waals surface area contributed by atoms with Crippen LogP contribution in [0.2, 0.25) is 0 Å². The Kier molecular flexibility index (Phi) is 5.24. The zero-order chi connectivity index (χ0) is 18.6. The van der Waals surface area contributed by atoms with Crippen LogP contribution < -0.4 is 5.32 Å². The molecule has 1 aliphatic rings. The second kappa shape index (κ2) is 7.96. The molecule has 4 rings (SSSR count). The molecule has 1 N–H and O–H groups in total. The molecule has 1 aliphatic carbocycles. The Bertz CT molecular complexity index is 886. The van der Waals surface area contributed by atoms with Crippen molar-refractivity contribution in [3.8, 4) is 0 Å². The molecule has 8 heteroatoms. The van der Waals surface area contributed by atoms with Crippen molar-refractivity contribution in [3.63, 3.8) is 0 Å². The smallest absolute Gasteiger partial charge is 0.230 e. The van der Waals surface area contributed by atoms with Gasteiger partial charge in [-0.1, -0.05) is 18.2 Å². The molecule has 0 unspecified atom stereocenters. The fourth-order valence-electron chi connectivity index (χ4n) is 3.29. The topological polar surface area (TPSA) is 77.6 Å². The van der Waals surface area contributed by atoms with E-state index in [0.29, 0.717) is 18.2 Å². The Hall–Kier alpha value is -2.61. The Morgan fingerprint density at radius 1 is 1.22 bits per heavy atom. The van der Waals surface area contributed by atoms with Crippen molar-refractivity contribution in [2.45, 2.75) is 36.2 Å². The average molecular weight is 382 g/mol. The van der Waals surface area contributed by atoms with Crippen LogP contribution in [-0.2, 0) is 18.4 Å². The van der Waals surface area contributed by atoms with Gasteiger partial charge in [0.1, 0.15) is 12.4 Å². The van der Waals surface area contributed by atoms with Crippen LogP contribution in [0.3, 0.4) is 0 Å². The highest BCUT2D eigenvalue weighted by Crippen LogP contribution is 2.36. The maximum absolute atomic E-state index is 12.1. The summed E-state index contributed by atoms with van der Waals surface area (Å²) in [6.45, 7) is 0.611. The summed E-state index contributed by atoms with van der Waals surface area (Å²) >= 11 is 1.56. The lowest BCUT2D eigenvalue weighted by Gasteiger charge is -2.35. The summed E-state index contributed by atoms with van der Waals surface area (Å²) in [7, 11) is 2.00. The van der Waals surface area contributed by atoms with Gasteiger partial charge in [0.15, 0.2) is 5.82 Å². The molecule has 3 aromatic rings. The van der Waals surface area contributed by atoms with Crippen LogP contribution in [0.1, 0.15) is 30.4 Å². The Morgan fingerprint density at radius 3 is 2.78 bits per heavy atom. The van der Waals surface area contributed by atoms with Gasteiger partial charge in [-0.15, -0.1) is 22.0 Å². The summed E-state index contributed by atoms with van der Waals surface area (Å²) in [5, 5.41) is 16.0. The minimum atomic E-state index is 0.0876. The number of carbonyl (C=O) groups is 1. The van der Waals surface area contributed by atoms with Crippen LogP contribution in [0.5, 0.6) is 0 Å². The minimum absolute atomic E-state index is 0.0876. The monoisotopic (exact) mass is 382 g/mol. The van der Waals surface area contributed by atoms with E-state index >= 15 is 0 Å². The van der Waals surface area contributed by atoms with Gasteiger partial charge in [0.2, 0.25) is 5.91 Å². The summed E-state index contributed by atoms with van der Waals surface area (Å²) in [6.07, 6.45) is 5.49. The van der Waals surface area contributed by atoms with Gasteiger partial charge in [-0.05, 0) is 31.0 Å². The summed E-state index contributed by atoms with van der Waals surface area (Å²) in [4.78, 5) is 13.3.